The standard InChI is InChI=1S/C13H11N3O3S/c1-15-7-14-16(13(15)19)6-9-8-4-2-3-5-10(8)20-11(9)12(17)18/h2-5,7H,6H2,1H3,(H,17,18). The van der Waals surface area contributed by atoms with Crippen molar-refractivity contribution in [1.82, 2.24) is 14.3 Å². The molecule has 2 aromatic heterocycles. The van der Waals surface area contributed by atoms with Gasteiger partial charge in [-0.3, -0.25) is 4.57 Å². The van der Waals surface area contributed by atoms with Crippen LogP contribution in [0.4, 0.5) is 0 Å². The molecule has 1 aromatic carbocycles. The van der Waals surface area contributed by atoms with Crippen LogP contribution in [-0.2, 0) is 13.6 Å². The maximum absolute atomic E-state index is 11.8. The average Bonchev–Trinajstić information content (AvgIpc) is 2.95. The highest BCUT2D eigenvalue weighted by atomic mass is 32.1. The van der Waals surface area contributed by atoms with Crippen molar-refractivity contribution in [2.75, 3.05) is 0 Å². The first kappa shape index (κ1) is 12.6. The van der Waals surface area contributed by atoms with E-state index in [2.05, 4.69) is 5.10 Å². The number of carboxylic acid groups (broad SMARTS) is 1. The number of aromatic nitrogens is 3. The average molecular weight is 289 g/mol. The fourth-order valence-corrected chi connectivity index (χ4v) is 3.16. The zero-order valence-corrected chi connectivity index (χ0v) is 11.4. The van der Waals surface area contributed by atoms with Gasteiger partial charge in [-0.15, -0.1) is 11.3 Å². The maximum Gasteiger partial charge on any atom is 0.346 e. The van der Waals surface area contributed by atoms with Crippen LogP contribution in [0.15, 0.2) is 35.4 Å². The number of aromatic carboxylic acids is 1. The third-order valence-corrected chi connectivity index (χ3v) is 4.29. The number of nitrogens with zero attached hydrogens (tertiary/aromatic N) is 3. The van der Waals surface area contributed by atoms with Gasteiger partial charge in [-0.1, -0.05) is 18.2 Å². The maximum atomic E-state index is 11.8. The lowest BCUT2D eigenvalue weighted by atomic mass is 10.1. The minimum atomic E-state index is -0.981. The molecule has 0 fully saturated rings. The van der Waals surface area contributed by atoms with Crippen molar-refractivity contribution in [3.8, 4) is 0 Å². The molecule has 0 aliphatic heterocycles. The molecule has 0 radical (unpaired) electrons. The molecule has 0 spiro atoms. The van der Waals surface area contributed by atoms with Crippen molar-refractivity contribution in [1.29, 1.82) is 0 Å². The molecule has 7 heteroatoms. The van der Waals surface area contributed by atoms with Crippen LogP contribution in [0.2, 0.25) is 0 Å². The largest absolute Gasteiger partial charge is 0.477 e. The van der Waals surface area contributed by atoms with E-state index in [0.717, 1.165) is 10.1 Å². The van der Waals surface area contributed by atoms with Gasteiger partial charge in [-0.25, -0.2) is 14.3 Å². The van der Waals surface area contributed by atoms with Crippen molar-refractivity contribution < 1.29 is 9.90 Å². The number of fused-ring (bicyclic) bond motifs is 1. The summed E-state index contributed by atoms with van der Waals surface area (Å²) in [4.78, 5) is 23.5. The summed E-state index contributed by atoms with van der Waals surface area (Å²) in [6, 6.07) is 7.45. The summed E-state index contributed by atoms with van der Waals surface area (Å²) in [7, 11) is 1.61. The summed E-state index contributed by atoms with van der Waals surface area (Å²) in [6.07, 6.45) is 1.41. The van der Waals surface area contributed by atoms with Crippen LogP contribution in [0.3, 0.4) is 0 Å². The Balaban J connectivity index is 2.19. The topological polar surface area (TPSA) is 77.1 Å². The van der Waals surface area contributed by atoms with Gasteiger partial charge in [0.1, 0.15) is 11.2 Å². The Kier molecular flexibility index (Phi) is 2.90. The summed E-state index contributed by atoms with van der Waals surface area (Å²) in [5.41, 5.74) is 0.357. The highest BCUT2D eigenvalue weighted by Crippen LogP contribution is 2.31. The minimum Gasteiger partial charge on any atom is -0.477 e. The summed E-state index contributed by atoms with van der Waals surface area (Å²) in [5.74, 6) is -0.981. The van der Waals surface area contributed by atoms with Crippen molar-refractivity contribution in [2.24, 2.45) is 7.05 Å². The molecule has 3 rings (SSSR count). The van der Waals surface area contributed by atoms with Crippen molar-refractivity contribution in [3.63, 3.8) is 0 Å². The molecule has 6 nitrogen and oxygen atoms in total. The van der Waals surface area contributed by atoms with Gasteiger partial charge in [-0.2, -0.15) is 5.10 Å². The fourth-order valence-electron chi connectivity index (χ4n) is 2.11. The smallest absolute Gasteiger partial charge is 0.346 e. The van der Waals surface area contributed by atoms with E-state index >= 15 is 0 Å². The molecule has 0 bridgehead atoms. The molecule has 0 saturated carbocycles. The number of benzene rings is 1. The highest BCUT2D eigenvalue weighted by Gasteiger charge is 2.18. The third kappa shape index (κ3) is 1.92. The molecule has 0 aliphatic carbocycles. The third-order valence-electron chi connectivity index (χ3n) is 3.09. The van der Waals surface area contributed by atoms with E-state index < -0.39 is 5.97 Å². The summed E-state index contributed by atoms with van der Waals surface area (Å²) in [6.45, 7) is 0.158. The van der Waals surface area contributed by atoms with Crippen LogP contribution in [-0.4, -0.2) is 25.4 Å². The van der Waals surface area contributed by atoms with E-state index in [9.17, 15) is 14.7 Å². The van der Waals surface area contributed by atoms with Crippen molar-refractivity contribution >= 4 is 27.4 Å². The van der Waals surface area contributed by atoms with Crippen LogP contribution in [0.5, 0.6) is 0 Å². The quantitative estimate of drug-likeness (QED) is 0.793. The lowest BCUT2D eigenvalue weighted by Crippen LogP contribution is -2.23. The Morgan fingerprint density at radius 2 is 2.15 bits per heavy atom. The van der Waals surface area contributed by atoms with Crippen molar-refractivity contribution in [3.05, 3.63) is 51.5 Å². The number of hydrogen-bond donors (Lipinski definition) is 1. The molecule has 20 heavy (non-hydrogen) atoms. The lowest BCUT2D eigenvalue weighted by molar-refractivity contribution is 0.0701. The molecule has 3 aromatic rings. The molecule has 102 valence electrons. The van der Waals surface area contributed by atoms with Crippen LogP contribution < -0.4 is 5.69 Å². The van der Waals surface area contributed by atoms with Crippen LogP contribution in [0, 0.1) is 0 Å². The van der Waals surface area contributed by atoms with Gasteiger partial charge in [0, 0.05) is 17.3 Å². The van der Waals surface area contributed by atoms with E-state index in [4.69, 9.17) is 0 Å². The molecule has 0 aliphatic rings. The molecular weight excluding hydrogens is 278 g/mol. The number of carbonyl (C=O) groups is 1. The number of thiophene rings is 1. The second-order valence-corrected chi connectivity index (χ2v) is 5.45. The first-order valence-electron chi connectivity index (χ1n) is 5.90. The van der Waals surface area contributed by atoms with E-state index in [1.165, 1.54) is 26.9 Å². The van der Waals surface area contributed by atoms with Gasteiger partial charge in [0.05, 0.1) is 6.54 Å². The molecule has 2 heterocycles. The lowest BCUT2D eigenvalue weighted by Gasteiger charge is -2.01. The molecule has 0 atom stereocenters. The van der Waals surface area contributed by atoms with Gasteiger partial charge >= 0.3 is 11.7 Å². The zero-order chi connectivity index (χ0) is 14.3. The molecule has 1 N–H and O–H groups in total. The normalized spacial score (nSPS) is 11.1. The van der Waals surface area contributed by atoms with Crippen molar-refractivity contribution in [2.45, 2.75) is 6.54 Å². The monoisotopic (exact) mass is 289 g/mol. The molecular formula is C13H11N3O3S. The van der Waals surface area contributed by atoms with Gasteiger partial charge in [0.2, 0.25) is 0 Å². The van der Waals surface area contributed by atoms with Gasteiger partial charge in [-0.05, 0) is 11.5 Å². The Labute approximate surface area is 117 Å². The Morgan fingerprint density at radius 3 is 2.80 bits per heavy atom. The van der Waals surface area contributed by atoms with Gasteiger partial charge in [0.15, 0.2) is 0 Å². The number of aryl methyl sites for hydroxylation is 1. The van der Waals surface area contributed by atoms with Gasteiger partial charge in [0.25, 0.3) is 0 Å². The Bertz CT molecular complexity index is 859. The first-order valence-corrected chi connectivity index (χ1v) is 6.71. The number of rotatable bonds is 3. The Hall–Kier alpha value is -2.41. The number of hydrogen-bond acceptors (Lipinski definition) is 4. The van der Waals surface area contributed by atoms with Crippen LogP contribution in [0.1, 0.15) is 15.2 Å². The second-order valence-electron chi connectivity index (χ2n) is 4.39. The van der Waals surface area contributed by atoms with E-state index in [1.54, 1.807) is 7.05 Å². The first-order chi connectivity index (χ1) is 9.58. The molecule has 0 saturated heterocycles. The predicted octanol–water partition coefficient (Wildman–Crippen LogP) is 1.54. The minimum absolute atomic E-state index is 0.158. The van der Waals surface area contributed by atoms with E-state index in [-0.39, 0.29) is 17.1 Å². The Morgan fingerprint density at radius 1 is 1.40 bits per heavy atom. The fraction of sp³-hybridized carbons (Fsp3) is 0.154. The summed E-state index contributed by atoms with van der Waals surface area (Å²) in [5, 5.41) is 14.1. The summed E-state index contributed by atoms with van der Waals surface area (Å²) < 4.78 is 3.51. The highest BCUT2D eigenvalue weighted by molar-refractivity contribution is 7.21. The van der Waals surface area contributed by atoms with Crippen LogP contribution >= 0.6 is 11.3 Å². The van der Waals surface area contributed by atoms with E-state index in [1.807, 2.05) is 24.3 Å². The second kappa shape index (κ2) is 4.61. The SMILES string of the molecule is Cn1cnn(Cc2c(C(=O)O)sc3ccccc23)c1=O. The predicted molar refractivity (Wildman–Crippen MR) is 75.4 cm³/mol. The van der Waals surface area contributed by atoms with Gasteiger partial charge < -0.3 is 5.11 Å². The summed E-state index contributed by atoms with van der Waals surface area (Å²) >= 11 is 1.21. The number of carboxylic acids is 1. The molecule has 0 unspecified atom stereocenters. The van der Waals surface area contributed by atoms with Crippen LogP contribution in [0.25, 0.3) is 10.1 Å². The zero-order valence-electron chi connectivity index (χ0n) is 10.6. The van der Waals surface area contributed by atoms with E-state index in [0.29, 0.717) is 5.56 Å². The molecule has 0 amide bonds.